The van der Waals surface area contributed by atoms with Gasteiger partial charge in [-0.1, -0.05) is 48.0 Å². The van der Waals surface area contributed by atoms with E-state index in [1.807, 2.05) is 49.4 Å². The third-order valence-electron chi connectivity index (χ3n) is 5.69. The number of aryl methyl sites for hydroxylation is 1. The highest BCUT2D eigenvalue weighted by atomic mass is 16.5. The number of anilines is 1. The summed E-state index contributed by atoms with van der Waals surface area (Å²) in [7, 11) is 0. The molecule has 1 fully saturated rings. The number of hydrogen-bond acceptors (Lipinski definition) is 6. The van der Waals surface area contributed by atoms with Gasteiger partial charge < -0.3 is 19.4 Å². The minimum absolute atomic E-state index is 0.0399. The first-order valence-electron chi connectivity index (χ1n) is 11.2. The number of amides is 1. The van der Waals surface area contributed by atoms with Gasteiger partial charge in [-0.2, -0.15) is 0 Å². The third-order valence-corrected chi connectivity index (χ3v) is 5.69. The van der Waals surface area contributed by atoms with Crippen LogP contribution in [0.1, 0.15) is 16.9 Å². The van der Waals surface area contributed by atoms with Crippen molar-refractivity contribution in [2.75, 3.05) is 37.7 Å². The van der Waals surface area contributed by atoms with Gasteiger partial charge in [0.15, 0.2) is 6.61 Å². The Labute approximate surface area is 193 Å². The van der Waals surface area contributed by atoms with E-state index in [0.717, 1.165) is 37.3 Å². The van der Waals surface area contributed by atoms with Crippen LogP contribution in [-0.4, -0.2) is 43.6 Å². The average Bonchev–Trinajstić information content (AvgIpc) is 2.84. The molecule has 1 N–H and O–H groups in total. The predicted octanol–water partition coefficient (Wildman–Crippen LogP) is 2.97. The Morgan fingerprint density at radius 2 is 1.76 bits per heavy atom. The van der Waals surface area contributed by atoms with Crippen molar-refractivity contribution >= 4 is 11.6 Å². The molecule has 0 spiro atoms. The molecule has 4 rings (SSSR count). The van der Waals surface area contributed by atoms with Crippen molar-refractivity contribution in [2.45, 2.75) is 20.0 Å². The van der Waals surface area contributed by atoms with Gasteiger partial charge in [-0.15, -0.1) is 0 Å². The van der Waals surface area contributed by atoms with Gasteiger partial charge in [-0.3, -0.25) is 14.5 Å². The van der Waals surface area contributed by atoms with Gasteiger partial charge in [0.05, 0.1) is 6.54 Å². The predicted molar refractivity (Wildman–Crippen MR) is 127 cm³/mol. The maximum absolute atomic E-state index is 12.4. The molecule has 0 bridgehead atoms. The van der Waals surface area contributed by atoms with Crippen LogP contribution in [0.15, 0.2) is 76.1 Å². The fraction of sp³-hybridized carbons (Fsp3) is 0.308. The van der Waals surface area contributed by atoms with Crippen molar-refractivity contribution < 1.29 is 13.9 Å². The second-order valence-electron chi connectivity index (χ2n) is 8.22. The van der Waals surface area contributed by atoms with Crippen LogP contribution in [0.25, 0.3) is 0 Å². The van der Waals surface area contributed by atoms with Crippen LogP contribution in [0.4, 0.5) is 5.69 Å². The number of carbonyl (C=O) groups excluding carboxylic acids is 1. The molecule has 1 aliphatic heterocycles. The van der Waals surface area contributed by atoms with Crippen LogP contribution >= 0.6 is 0 Å². The lowest BCUT2D eigenvalue weighted by atomic mass is 10.1. The molecule has 172 valence electrons. The van der Waals surface area contributed by atoms with Gasteiger partial charge in [-0.25, -0.2) is 0 Å². The molecular weight excluding hydrogens is 418 g/mol. The van der Waals surface area contributed by atoms with E-state index in [1.54, 1.807) is 0 Å². The van der Waals surface area contributed by atoms with Crippen molar-refractivity contribution in [1.29, 1.82) is 0 Å². The molecule has 33 heavy (non-hydrogen) atoms. The summed E-state index contributed by atoms with van der Waals surface area (Å²) in [5, 5.41) is 2.78. The monoisotopic (exact) mass is 447 g/mol. The molecule has 1 saturated heterocycles. The number of benzene rings is 2. The molecule has 1 amide bonds. The van der Waals surface area contributed by atoms with Gasteiger partial charge in [0.1, 0.15) is 12.0 Å². The molecule has 0 saturated carbocycles. The molecule has 0 aliphatic carbocycles. The second kappa shape index (κ2) is 10.8. The van der Waals surface area contributed by atoms with Gasteiger partial charge in [0.2, 0.25) is 11.2 Å². The molecule has 0 atom stereocenters. The summed E-state index contributed by atoms with van der Waals surface area (Å²) < 4.78 is 11.0. The quantitative estimate of drug-likeness (QED) is 0.572. The molecule has 1 aliphatic rings. The van der Waals surface area contributed by atoms with Gasteiger partial charge in [0, 0.05) is 44.5 Å². The molecule has 3 aromatic rings. The Hall–Kier alpha value is -3.58. The summed E-state index contributed by atoms with van der Waals surface area (Å²) in [4.78, 5) is 29.1. The molecule has 7 nitrogen and oxygen atoms in total. The van der Waals surface area contributed by atoms with E-state index in [9.17, 15) is 9.59 Å². The Bertz CT molecular complexity index is 1100. The largest absolute Gasteiger partial charge is 0.477 e. The molecule has 2 heterocycles. The van der Waals surface area contributed by atoms with Crippen molar-refractivity contribution in [1.82, 2.24) is 10.2 Å². The minimum atomic E-state index is -0.296. The van der Waals surface area contributed by atoms with Crippen LogP contribution in [0, 0.1) is 6.92 Å². The maximum atomic E-state index is 12.4. The van der Waals surface area contributed by atoms with Crippen LogP contribution in [0.2, 0.25) is 0 Å². The van der Waals surface area contributed by atoms with Crippen LogP contribution < -0.4 is 20.4 Å². The van der Waals surface area contributed by atoms with Gasteiger partial charge >= 0.3 is 0 Å². The lowest BCUT2D eigenvalue weighted by molar-refractivity contribution is -0.123. The summed E-state index contributed by atoms with van der Waals surface area (Å²) in [6.07, 6.45) is 1.30. The molecule has 0 unspecified atom stereocenters. The van der Waals surface area contributed by atoms with E-state index in [-0.39, 0.29) is 23.7 Å². The average molecular weight is 448 g/mol. The van der Waals surface area contributed by atoms with E-state index >= 15 is 0 Å². The molecule has 2 aromatic carbocycles. The zero-order chi connectivity index (χ0) is 23.0. The maximum Gasteiger partial charge on any atom is 0.258 e. The highest BCUT2D eigenvalue weighted by Gasteiger charge is 2.18. The lowest BCUT2D eigenvalue weighted by Gasteiger charge is -2.35. The Kier molecular flexibility index (Phi) is 7.42. The van der Waals surface area contributed by atoms with Gasteiger partial charge in [-0.05, 0) is 24.6 Å². The normalized spacial score (nSPS) is 14.2. The number of rotatable bonds is 8. The van der Waals surface area contributed by atoms with E-state index in [1.165, 1.54) is 18.0 Å². The Morgan fingerprint density at radius 3 is 2.45 bits per heavy atom. The van der Waals surface area contributed by atoms with Crippen LogP contribution in [0.5, 0.6) is 5.75 Å². The number of nitrogens with one attached hydrogen (secondary N) is 1. The molecule has 1 aromatic heterocycles. The van der Waals surface area contributed by atoms with E-state index in [0.29, 0.717) is 18.8 Å². The van der Waals surface area contributed by atoms with Crippen molar-refractivity contribution in [3.63, 3.8) is 0 Å². The Balaban J connectivity index is 1.22. The first-order chi connectivity index (χ1) is 16.1. The highest BCUT2D eigenvalue weighted by molar-refractivity contribution is 5.77. The first-order valence-corrected chi connectivity index (χ1v) is 11.2. The molecular formula is C26H29N3O4. The zero-order valence-electron chi connectivity index (χ0n) is 18.8. The molecule has 0 radical (unpaired) electrons. The number of hydrogen-bond donors (Lipinski definition) is 1. The van der Waals surface area contributed by atoms with E-state index in [4.69, 9.17) is 9.15 Å². The number of nitrogens with zero attached hydrogens (tertiary/aromatic N) is 2. The van der Waals surface area contributed by atoms with E-state index < -0.39 is 0 Å². The summed E-state index contributed by atoms with van der Waals surface area (Å²) in [5.74, 6) is 0.331. The number of ether oxygens (including phenoxy) is 1. The van der Waals surface area contributed by atoms with Crippen molar-refractivity contribution in [3.8, 4) is 5.75 Å². The summed E-state index contributed by atoms with van der Waals surface area (Å²) in [5.41, 5.74) is 3.11. The Morgan fingerprint density at radius 1 is 1.03 bits per heavy atom. The second-order valence-corrected chi connectivity index (χ2v) is 8.22. The van der Waals surface area contributed by atoms with Crippen LogP contribution in [-0.2, 0) is 17.9 Å². The summed E-state index contributed by atoms with van der Waals surface area (Å²) in [6.45, 7) is 6.37. The number of piperazine rings is 1. The van der Waals surface area contributed by atoms with Crippen molar-refractivity contribution in [2.24, 2.45) is 0 Å². The SMILES string of the molecule is Cc1ccc(CNC(=O)COc2coc(CN3CCN(c4ccccc4)CC3)cc2=O)cc1. The topological polar surface area (TPSA) is 75.0 Å². The lowest BCUT2D eigenvalue weighted by Crippen LogP contribution is -2.46. The standard InChI is InChI=1S/C26H29N3O4/c1-20-7-9-21(10-8-20)16-27-26(31)19-33-25-18-32-23(15-24(25)30)17-28-11-13-29(14-12-28)22-5-3-2-4-6-22/h2-10,15,18H,11-14,16-17,19H2,1H3,(H,27,31). The van der Waals surface area contributed by atoms with Crippen molar-refractivity contribution in [3.05, 3.63) is 94.0 Å². The zero-order valence-corrected chi connectivity index (χ0v) is 18.8. The third kappa shape index (κ3) is 6.46. The smallest absolute Gasteiger partial charge is 0.258 e. The molecule has 7 heteroatoms. The summed E-state index contributed by atoms with van der Waals surface area (Å²) in [6, 6.07) is 19.7. The van der Waals surface area contributed by atoms with E-state index in [2.05, 4.69) is 27.2 Å². The highest BCUT2D eigenvalue weighted by Crippen LogP contribution is 2.17. The number of carbonyl (C=O) groups is 1. The minimum Gasteiger partial charge on any atom is -0.477 e. The fourth-order valence-electron chi connectivity index (χ4n) is 3.75. The summed E-state index contributed by atoms with van der Waals surface area (Å²) >= 11 is 0. The fourth-order valence-corrected chi connectivity index (χ4v) is 3.75. The number of para-hydroxylation sites is 1. The van der Waals surface area contributed by atoms with Gasteiger partial charge in [0.25, 0.3) is 5.91 Å². The first kappa shape index (κ1) is 22.6. The van der Waals surface area contributed by atoms with Crippen LogP contribution in [0.3, 0.4) is 0 Å².